The Bertz CT molecular complexity index is 1160. The van der Waals surface area contributed by atoms with Crippen molar-refractivity contribution >= 4 is 34.0 Å². The van der Waals surface area contributed by atoms with E-state index in [4.69, 9.17) is 4.74 Å². The zero-order valence-corrected chi connectivity index (χ0v) is 21.2. The van der Waals surface area contributed by atoms with Gasteiger partial charge in [-0.15, -0.1) is 11.3 Å². The molecule has 176 valence electrons. The van der Waals surface area contributed by atoms with Gasteiger partial charge in [-0.2, -0.15) is 5.10 Å². The van der Waals surface area contributed by atoms with Crippen LogP contribution in [0.5, 0.6) is 0 Å². The molecule has 0 saturated heterocycles. The number of nitrogens with zero attached hydrogens (tertiary/aromatic N) is 4. The Kier molecular flexibility index (Phi) is 7.68. The van der Waals surface area contributed by atoms with E-state index in [1.54, 1.807) is 4.90 Å². The van der Waals surface area contributed by atoms with Crippen molar-refractivity contribution in [2.24, 2.45) is 5.92 Å². The summed E-state index contributed by atoms with van der Waals surface area (Å²) in [6.45, 7) is 14.6. The molecular weight excluding hydrogens is 436 g/mol. The standard InChI is InChI=1S/C25H32N4O3S/c1-15(2)12-28-19(6)23(18(5)27-28)11-24(31)32-13-21-14-33-25(26-21)29(20(7)30)22-9-8-16(3)17(4)10-22/h8-10,14-15H,11-13H2,1-7H3. The lowest BCUT2D eigenvalue weighted by molar-refractivity contribution is -0.144. The average molecular weight is 469 g/mol. The minimum Gasteiger partial charge on any atom is -0.459 e. The molecule has 1 amide bonds. The number of thiazole rings is 1. The molecule has 0 saturated carbocycles. The second-order valence-electron chi connectivity index (χ2n) is 8.81. The summed E-state index contributed by atoms with van der Waals surface area (Å²) in [6, 6.07) is 5.88. The molecule has 0 aliphatic heterocycles. The van der Waals surface area contributed by atoms with E-state index in [-0.39, 0.29) is 24.9 Å². The van der Waals surface area contributed by atoms with E-state index in [9.17, 15) is 9.59 Å². The predicted octanol–water partition coefficient (Wildman–Crippen LogP) is 5.20. The molecule has 1 aromatic carbocycles. The van der Waals surface area contributed by atoms with Gasteiger partial charge in [0.05, 0.1) is 23.5 Å². The maximum atomic E-state index is 12.5. The molecule has 3 rings (SSSR count). The van der Waals surface area contributed by atoms with Gasteiger partial charge in [0.2, 0.25) is 5.91 Å². The van der Waals surface area contributed by atoms with Crippen molar-refractivity contribution in [3.8, 4) is 0 Å². The van der Waals surface area contributed by atoms with Gasteiger partial charge in [0.15, 0.2) is 5.13 Å². The molecule has 0 fully saturated rings. The Morgan fingerprint density at radius 3 is 2.52 bits per heavy atom. The molecule has 0 unspecified atom stereocenters. The lowest BCUT2D eigenvalue weighted by atomic mass is 10.1. The third-order valence-corrected chi connectivity index (χ3v) is 6.44. The summed E-state index contributed by atoms with van der Waals surface area (Å²) in [5.74, 6) is 0.0259. The lowest BCUT2D eigenvalue weighted by Gasteiger charge is -2.19. The van der Waals surface area contributed by atoms with E-state index in [2.05, 4.69) is 23.9 Å². The molecule has 33 heavy (non-hydrogen) atoms. The third kappa shape index (κ3) is 5.87. The van der Waals surface area contributed by atoms with Gasteiger partial charge in [0, 0.05) is 30.1 Å². The quantitative estimate of drug-likeness (QED) is 0.425. The first kappa shape index (κ1) is 24.6. The van der Waals surface area contributed by atoms with E-state index in [0.717, 1.165) is 40.3 Å². The Balaban J connectivity index is 1.67. The number of aromatic nitrogens is 3. The minimum absolute atomic E-state index is 0.0617. The number of ether oxygens (including phenoxy) is 1. The highest BCUT2D eigenvalue weighted by Gasteiger charge is 2.20. The number of amides is 1. The van der Waals surface area contributed by atoms with Crippen molar-refractivity contribution in [1.29, 1.82) is 0 Å². The molecule has 2 aromatic heterocycles. The number of hydrogen-bond donors (Lipinski definition) is 0. The number of carbonyl (C=O) groups is 2. The molecule has 2 heterocycles. The van der Waals surface area contributed by atoms with Gasteiger partial charge >= 0.3 is 5.97 Å². The molecular formula is C25H32N4O3S. The van der Waals surface area contributed by atoms with Crippen LogP contribution >= 0.6 is 11.3 Å². The fourth-order valence-electron chi connectivity index (χ4n) is 3.62. The number of carbonyl (C=O) groups excluding carboxylic acids is 2. The Morgan fingerprint density at radius 1 is 1.15 bits per heavy atom. The molecule has 3 aromatic rings. The molecule has 0 N–H and O–H groups in total. The number of anilines is 2. The first-order chi connectivity index (χ1) is 15.6. The zero-order valence-electron chi connectivity index (χ0n) is 20.4. The molecule has 0 radical (unpaired) electrons. The minimum atomic E-state index is -0.322. The molecule has 0 aliphatic carbocycles. The summed E-state index contributed by atoms with van der Waals surface area (Å²) >= 11 is 1.35. The molecule has 0 bridgehead atoms. The SMILES string of the molecule is CC(=O)N(c1ccc(C)c(C)c1)c1nc(COC(=O)Cc2c(C)nn(CC(C)C)c2C)cs1. The summed E-state index contributed by atoms with van der Waals surface area (Å²) in [5, 5.41) is 6.93. The first-order valence-corrected chi connectivity index (χ1v) is 12.0. The van der Waals surface area contributed by atoms with Gasteiger partial charge in [0.1, 0.15) is 6.61 Å². The maximum Gasteiger partial charge on any atom is 0.310 e. The average Bonchev–Trinajstić information content (AvgIpc) is 3.29. The number of benzene rings is 1. The van der Waals surface area contributed by atoms with E-state index >= 15 is 0 Å². The Hall–Kier alpha value is -3.00. The van der Waals surface area contributed by atoms with Crippen LogP contribution in [-0.2, 0) is 33.9 Å². The van der Waals surface area contributed by atoms with Crippen LogP contribution in [-0.4, -0.2) is 26.6 Å². The highest BCUT2D eigenvalue weighted by molar-refractivity contribution is 7.14. The number of rotatable bonds is 8. The topological polar surface area (TPSA) is 77.3 Å². The highest BCUT2D eigenvalue weighted by Crippen LogP contribution is 2.30. The van der Waals surface area contributed by atoms with Crippen molar-refractivity contribution in [3.63, 3.8) is 0 Å². The van der Waals surface area contributed by atoms with Crippen LogP contribution in [0.25, 0.3) is 0 Å². The van der Waals surface area contributed by atoms with Gasteiger partial charge in [-0.25, -0.2) is 4.98 Å². The number of aryl methyl sites for hydroxylation is 3. The fourth-order valence-corrected chi connectivity index (χ4v) is 4.49. The van der Waals surface area contributed by atoms with Crippen LogP contribution in [0.3, 0.4) is 0 Å². The van der Waals surface area contributed by atoms with Crippen LogP contribution < -0.4 is 4.90 Å². The Morgan fingerprint density at radius 2 is 1.88 bits per heavy atom. The fraction of sp³-hybridized carbons (Fsp3) is 0.440. The van der Waals surface area contributed by atoms with Gasteiger partial charge in [0.25, 0.3) is 0 Å². The van der Waals surface area contributed by atoms with Crippen LogP contribution in [0.2, 0.25) is 0 Å². The largest absolute Gasteiger partial charge is 0.459 e. The second-order valence-corrected chi connectivity index (χ2v) is 9.64. The summed E-state index contributed by atoms with van der Waals surface area (Å²) in [5.41, 5.74) is 6.42. The number of esters is 1. The zero-order chi connectivity index (χ0) is 24.3. The normalized spacial score (nSPS) is 11.2. The van der Waals surface area contributed by atoms with E-state index in [1.807, 2.05) is 56.0 Å². The second kappa shape index (κ2) is 10.3. The summed E-state index contributed by atoms with van der Waals surface area (Å²) in [7, 11) is 0. The summed E-state index contributed by atoms with van der Waals surface area (Å²) < 4.78 is 7.45. The lowest BCUT2D eigenvalue weighted by Crippen LogP contribution is -2.22. The third-order valence-electron chi connectivity index (χ3n) is 5.57. The van der Waals surface area contributed by atoms with Gasteiger partial charge in [-0.3, -0.25) is 19.2 Å². The van der Waals surface area contributed by atoms with Gasteiger partial charge < -0.3 is 4.74 Å². The van der Waals surface area contributed by atoms with Gasteiger partial charge in [-0.1, -0.05) is 19.9 Å². The van der Waals surface area contributed by atoms with Crippen molar-refractivity contribution in [2.45, 2.75) is 68.0 Å². The van der Waals surface area contributed by atoms with Crippen molar-refractivity contribution in [1.82, 2.24) is 14.8 Å². The molecule has 0 aliphatic rings. The van der Waals surface area contributed by atoms with Crippen molar-refractivity contribution in [2.75, 3.05) is 4.90 Å². The van der Waals surface area contributed by atoms with Crippen LogP contribution in [0.15, 0.2) is 23.6 Å². The van der Waals surface area contributed by atoms with Crippen LogP contribution in [0, 0.1) is 33.6 Å². The van der Waals surface area contributed by atoms with Gasteiger partial charge in [-0.05, 0) is 56.9 Å². The summed E-state index contributed by atoms with van der Waals surface area (Å²) in [6.07, 6.45) is 0.176. The van der Waals surface area contributed by atoms with E-state index in [1.165, 1.54) is 18.3 Å². The highest BCUT2D eigenvalue weighted by atomic mass is 32.1. The predicted molar refractivity (Wildman–Crippen MR) is 131 cm³/mol. The monoisotopic (exact) mass is 468 g/mol. The van der Waals surface area contributed by atoms with E-state index < -0.39 is 0 Å². The van der Waals surface area contributed by atoms with Crippen LogP contribution in [0.1, 0.15) is 54.5 Å². The first-order valence-electron chi connectivity index (χ1n) is 11.1. The molecule has 0 atom stereocenters. The van der Waals surface area contributed by atoms with Crippen LogP contribution in [0.4, 0.5) is 10.8 Å². The van der Waals surface area contributed by atoms with Crippen molar-refractivity contribution in [3.05, 3.63) is 57.4 Å². The maximum absolute atomic E-state index is 12.5. The summed E-state index contributed by atoms with van der Waals surface area (Å²) in [4.78, 5) is 31.0. The Labute approximate surface area is 199 Å². The van der Waals surface area contributed by atoms with E-state index in [0.29, 0.717) is 16.7 Å². The number of hydrogen-bond acceptors (Lipinski definition) is 6. The molecule has 7 nitrogen and oxygen atoms in total. The molecule has 8 heteroatoms. The molecule has 0 spiro atoms. The smallest absolute Gasteiger partial charge is 0.310 e. The van der Waals surface area contributed by atoms with Crippen molar-refractivity contribution < 1.29 is 14.3 Å².